The Hall–Kier alpha value is -0.700. The molecule has 1 aromatic heterocycles. The molecular formula is C6H9ClN2O. The number of halogens is 1. The third-order valence-electron chi connectivity index (χ3n) is 0.920. The summed E-state index contributed by atoms with van der Waals surface area (Å²) in [6, 6.07) is 0. The van der Waals surface area contributed by atoms with Crippen LogP contribution in [-0.2, 0) is 0 Å². The maximum Gasteiger partial charge on any atom is 0.229 e. The van der Waals surface area contributed by atoms with Crippen LogP contribution < -0.4 is 4.74 Å². The van der Waals surface area contributed by atoms with Crippen LogP contribution >= 0.6 is 11.8 Å². The number of aromatic nitrogens is 2. The Bertz CT molecular complexity index is 209. The molecule has 1 rings (SSSR count). The first kappa shape index (κ1) is 7.41. The molecule has 0 unspecified atom stereocenters. The molecule has 0 atom stereocenters. The number of hydrogen-bond acceptors (Lipinski definition) is 2. The summed E-state index contributed by atoms with van der Waals surface area (Å²) in [6.07, 6.45) is 3.20. The zero-order valence-electron chi connectivity index (χ0n) is 5.91. The van der Waals surface area contributed by atoms with Gasteiger partial charge < -0.3 is 4.74 Å². The lowest BCUT2D eigenvalue weighted by Gasteiger charge is -2.06. The van der Waals surface area contributed by atoms with Crippen molar-refractivity contribution in [2.75, 3.05) is 0 Å². The number of nitrogens with zero attached hydrogens (tertiary/aromatic N) is 2. The van der Waals surface area contributed by atoms with Gasteiger partial charge in [0.2, 0.25) is 5.88 Å². The summed E-state index contributed by atoms with van der Waals surface area (Å²) >= 11 is 5.61. The number of imidazole rings is 1. The van der Waals surface area contributed by atoms with Crippen LogP contribution in [0.15, 0.2) is 12.5 Å². The summed E-state index contributed by atoms with van der Waals surface area (Å²) in [5.74, 6) is 0.580. The highest BCUT2D eigenvalue weighted by Gasteiger charge is 2.01. The van der Waals surface area contributed by atoms with Crippen molar-refractivity contribution < 1.29 is 4.74 Å². The predicted molar refractivity (Wildman–Crippen MR) is 39.2 cm³/mol. The van der Waals surface area contributed by atoms with Crippen LogP contribution in [0.4, 0.5) is 0 Å². The van der Waals surface area contributed by atoms with Gasteiger partial charge in [-0.2, -0.15) is 0 Å². The Morgan fingerprint density at radius 3 is 2.80 bits per heavy atom. The van der Waals surface area contributed by atoms with Crippen LogP contribution in [0.3, 0.4) is 0 Å². The number of rotatable bonds is 2. The molecule has 0 radical (unpaired) electrons. The summed E-state index contributed by atoms with van der Waals surface area (Å²) in [4.78, 5) is 3.78. The van der Waals surface area contributed by atoms with Crippen LogP contribution in [0.2, 0.25) is 0 Å². The quantitative estimate of drug-likeness (QED) is 0.658. The lowest BCUT2D eigenvalue weighted by atomic mass is 10.5. The van der Waals surface area contributed by atoms with E-state index in [-0.39, 0.29) is 6.10 Å². The highest BCUT2D eigenvalue weighted by Crippen LogP contribution is 2.12. The molecule has 0 amide bonds. The van der Waals surface area contributed by atoms with Crippen molar-refractivity contribution in [3.63, 3.8) is 0 Å². The molecule has 0 saturated carbocycles. The largest absolute Gasteiger partial charge is 0.474 e. The van der Waals surface area contributed by atoms with E-state index in [0.717, 1.165) is 0 Å². The Morgan fingerprint density at radius 2 is 2.40 bits per heavy atom. The molecule has 0 aromatic carbocycles. The second-order valence-electron chi connectivity index (χ2n) is 2.21. The van der Waals surface area contributed by atoms with Crippen molar-refractivity contribution in [2.24, 2.45) is 0 Å². The van der Waals surface area contributed by atoms with E-state index >= 15 is 0 Å². The van der Waals surface area contributed by atoms with Gasteiger partial charge in [0, 0.05) is 11.8 Å². The molecule has 1 heterocycles. The van der Waals surface area contributed by atoms with Gasteiger partial charge >= 0.3 is 0 Å². The molecule has 4 heteroatoms. The lowest BCUT2D eigenvalue weighted by Crippen LogP contribution is -2.06. The molecule has 10 heavy (non-hydrogen) atoms. The Kier molecular flexibility index (Phi) is 2.17. The highest BCUT2D eigenvalue weighted by atomic mass is 35.5. The summed E-state index contributed by atoms with van der Waals surface area (Å²) < 4.78 is 6.57. The van der Waals surface area contributed by atoms with Crippen molar-refractivity contribution >= 4 is 11.8 Å². The Balaban J connectivity index is 2.65. The molecular weight excluding hydrogens is 152 g/mol. The fourth-order valence-electron chi connectivity index (χ4n) is 0.590. The van der Waals surface area contributed by atoms with Crippen molar-refractivity contribution in [1.29, 1.82) is 0 Å². The molecule has 1 aromatic rings. The van der Waals surface area contributed by atoms with E-state index in [1.165, 1.54) is 10.4 Å². The Labute approximate surface area is 64.7 Å². The molecule has 0 N–H and O–H groups in total. The van der Waals surface area contributed by atoms with E-state index in [1.54, 1.807) is 6.20 Å². The van der Waals surface area contributed by atoms with Crippen molar-refractivity contribution in [3.8, 4) is 5.88 Å². The highest BCUT2D eigenvalue weighted by molar-refractivity contribution is 6.16. The smallest absolute Gasteiger partial charge is 0.229 e. The fraction of sp³-hybridized carbons (Fsp3) is 0.500. The zero-order chi connectivity index (χ0) is 7.56. The standard InChI is InChI=1S/C6H9ClN2O/c1-5(2)10-6-3-8-4-9(6)7/h3-5H,1-2H3. The normalized spacial score (nSPS) is 10.4. The second-order valence-corrected chi connectivity index (χ2v) is 2.57. The number of ether oxygens (including phenoxy) is 1. The molecule has 0 aliphatic rings. The van der Waals surface area contributed by atoms with Gasteiger partial charge in [-0.1, -0.05) is 0 Å². The first-order chi connectivity index (χ1) is 4.70. The minimum absolute atomic E-state index is 0.134. The molecule has 0 bridgehead atoms. The van der Waals surface area contributed by atoms with E-state index in [4.69, 9.17) is 16.5 Å². The average molecular weight is 161 g/mol. The molecule has 3 nitrogen and oxygen atoms in total. The lowest BCUT2D eigenvalue weighted by molar-refractivity contribution is 0.231. The first-order valence-electron chi connectivity index (χ1n) is 3.05. The van der Waals surface area contributed by atoms with Crippen LogP contribution in [0.25, 0.3) is 0 Å². The van der Waals surface area contributed by atoms with Crippen LogP contribution in [0.5, 0.6) is 5.88 Å². The van der Waals surface area contributed by atoms with E-state index in [1.807, 2.05) is 13.8 Å². The van der Waals surface area contributed by atoms with E-state index in [0.29, 0.717) is 5.88 Å². The molecule has 0 aliphatic carbocycles. The monoisotopic (exact) mass is 160 g/mol. The summed E-state index contributed by atoms with van der Waals surface area (Å²) in [7, 11) is 0. The molecule has 0 fully saturated rings. The second kappa shape index (κ2) is 2.92. The maximum atomic E-state index is 5.61. The zero-order valence-corrected chi connectivity index (χ0v) is 6.67. The maximum absolute atomic E-state index is 5.61. The average Bonchev–Trinajstić information content (AvgIpc) is 2.15. The number of hydrogen-bond donors (Lipinski definition) is 0. The van der Waals surface area contributed by atoms with E-state index in [2.05, 4.69) is 4.98 Å². The topological polar surface area (TPSA) is 27.1 Å². The summed E-state index contributed by atoms with van der Waals surface area (Å²) in [6.45, 7) is 3.87. The minimum Gasteiger partial charge on any atom is -0.474 e. The van der Waals surface area contributed by atoms with Gasteiger partial charge in [-0.3, -0.25) is 0 Å². The SMILES string of the molecule is CC(C)Oc1cncn1Cl. The van der Waals surface area contributed by atoms with Crippen molar-refractivity contribution in [1.82, 2.24) is 9.07 Å². The van der Waals surface area contributed by atoms with Gasteiger partial charge in [-0.05, 0) is 13.8 Å². The first-order valence-corrected chi connectivity index (χ1v) is 3.39. The van der Waals surface area contributed by atoms with Crippen molar-refractivity contribution in [2.45, 2.75) is 20.0 Å². The van der Waals surface area contributed by atoms with Gasteiger partial charge in [0.1, 0.15) is 6.33 Å². The molecule has 56 valence electrons. The van der Waals surface area contributed by atoms with Gasteiger partial charge in [0.15, 0.2) is 0 Å². The van der Waals surface area contributed by atoms with Crippen molar-refractivity contribution in [3.05, 3.63) is 12.5 Å². The van der Waals surface area contributed by atoms with Crippen LogP contribution in [0, 0.1) is 0 Å². The van der Waals surface area contributed by atoms with E-state index in [9.17, 15) is 0 Å². The summed E-state index contributed by atoms with van der Waals surface area (Å²) in [5, 5.41) is 0. The summed E-state index contributed by atoms with van der Waals surface area (Å²) in [5.41, 5.74) is 0. The molecule has 0 aliphatic heterocycles. The van der Waals surface area contributed by atoms with Crippen LogP contribution in [0.1, 0.15) is 13.8 Å². The fourth-order valence-corrected chi connectivity index (χ4v) is 0.724. The van der Waals surface area contributed by atoms with Gasteiger partial charge in [0.05, 0.1) is 12.3 Å². The van der Waals surface area contributed by atoms with Gasteiger partial charge in [-0.15, -0.1) is 0 Å². The van der Waals surface area contributed by atoms with Gasteiger partial charge in [-0.25, -0.2) is 9.07 Å². The Morgan fingerprint density at radius 1 is 1.70 bits per heavy atom. The minimum atomic E-state index is 0.134. The third kappa shape index (κ3) is 1.64. The van der Waals surface area contributed by atoms with E-state index < -0.39 is 0 Å². The predicted octanol–water partition coefficient (Wildman–Crippen LogP) is 1.67. The molecule has 0 spiro atoms. The van der Waals surface area contributed by atoms with Crippen LogP contribution in [-0.4, -0.2) is 15.2 Å². The van der Waals surface area contributed by atoms with Gasteiger partial charge in [0.25, 0.3) is 0 Å². The third-order valence-corrected chi connectivity index (χ3v) is 1.17. The molecule has 0 saturated heterocycles.